The normalized spacial score (nSPS) is 13.0. The van der Waals surface area contributed by atoms with Crippen LogP contribution in [-0.4, -0.2) is 6.54 Å². The molecule has 0 saturated carbocycles. The van der Waals surface area contributed by atoms with Crippen LogP contribution in [0.2, 0.25) is 0 Å². The summed E-state index contributed by atoms with van der Waals surface area (Å²) in [4.78, 5) is 0. The van der Waals surface area contributed by atoms with Crippen molar-refractivity contribution >= 4 is 0 Å². The number of rotatable bonds is 6. The van der Waals surface area contributed by atoms with Gasteiger partial charge in [0.05, 0.1) is 5.56 Å². The van der Waals surface area contributed by atoms with Crippen molar-refractivity contribution in [2.45, 2.75) is 38.4 Å². The van der Waals surface area contributed by atoms with E-state index >= 15 is 0 Å². The Balaban J connectivity index is 2.98. The Bertz CT molecular complexity index is 432. The van der Waals surface area contributed by atoms with Crippen molar-refractivity contribution in [2.75, 3.05) is 6.54 Å². The van der Waals surface area contributed by atoms with Gasteiger partial charge >= 0.3 is 6.18 Å². The molecular formula is C15H18F3N. The topological polar surface area (TPSA) is 12.0 Å². The van der Waals surface area contributed by atoms with Crippen molar-refractivity contribution in [3.8, 4) is 12.3 Å². The van der Waals surface area contributed by atoms with E-state index in [0.717, 1.165) is 6.07 Å². The van der Waals surface area contributed by atoms with Gasteiger partial charge in [0.15, 0.2) is 0 Å². The van der Waals surface area contributed by atoms with Crippen molar-refractivity contribution in [3.63, 3.8) is 0 Å². The predicted octanol–water partition coefficient (Wildman–Crippen LogP) is 4.16. The molecule has 1 N–H and O–H groups in total. The van der Waals surface area contributed by atoms with Gasteiger partial charge in [-0.2, -0.15) is 13.2 Å². The maximum absolute atomic E-state index is 13.0. The number of unbranched alkanes of at least 4 members (excludes halogenated alkanes) is 1. The van der Waals surface area contributed by atoms with E-state index in [1.807, 2.05) is 6.92 Å². The van der Waals surface area contributed by atoms with E-state index in [1.165, 1.54) is 12.1 Å². The summed E-state index contributed by atoms with van der Waals surface area (Å²) in [5.74, 6) is 2.51. The third kappa shape index (κ3) is 4.60. The number of terminal acetylenes is 1. The number of nitrogens with one attached hydrogen (secondary N) is 1. The highest BCUT2D eigenvalue weighted by Crippen LogP contribution is 2.35. The van der Waals surface area contributed by atoms with E-state index in [9.17, 15) is 13.2 Å². The number of halogens is 3. The van der Waals surface area contributed by atoms with Gasteiger partial charge < -0.3 is 5.32 Å². The Morgan fingerprint density at radius 3 is 2.58 bits per heavy atom. The summed E-state index contributed by atoms with van der Waals surface area (Å²) in [6.07, 6.45) is 2.74. The van der Waals surface area contributed by atoms with Crippen LogP contribution in [-0.2, 0) is 6.18 Å². The minimum atomic E-state index is -4.32. The van der Waals surface area contributed by atoms with Crippen LogP contribution in [0.4, 0.5) is 13.2 Å². The molecule has 104 valence electrons. The Morgan fingerprint density at radius 1 is 1.32 bits per heavy atom. The summed E-state index contributed by atoms with van der Waals surface area (Å²) in [6, 6.07) is 5.40. The molecule has 0 aromatic heterocycles. The molecular weight excluding hydrogens is 251 g/mol. The van der Waals surface area contributed by atoms with Crippen molar-refractivity contribution in [1.29, 1.82) is 0 Å². The molecule has 0 aliphatic rings. The molecule has 0 saturated heterocycles. The van der Waals surface area contributed by atoms with Gasteiger partial charge in [-0.1, -0.05) is 25.1 Å². The second-order valence-corrected chi connectivity index (χ2v) is 4.29. The molecule has 1 rings (SSSR count). The Labute approximate surface area is 112 Å². The van der Waals surface area contributed by atoms with Crippen molar-refractivity contribution in [2.24, 2.45) is 0 Å². The fraction of sp³-hybridized carbons (Fsp3) is 0.467. The van der Waals surface area contributed by atoms with Gasteiger partial charge in [0.2, 0.25) is 0 Å². The van der Waals surface area contributed by atoms with Crippen LogP contribution >= 0.6 is 0 Å². The quantitative estimate of drug-likeness (QED) is 0.604. The number of hydrogen-bond acceptors (Lipinski definition) is 1. The van der Waals surface area contributed by atoms with Gasteiger partial charge in [0, 0.05) is 12.5 Å². The zero-order chi connectivity index (χ0) is 14.3. The van der Waals surface area contributed by atoms with Gasteiger partial charge in [-0.05, 0) is 31.0 Å². The third-order valence-electron chi connectivity index (χ3n) is 2.91. The maximum Gasteiger partial charge on any atom is 0.416 e. The third-order valence-corrected chi connectivity index (χ3v) is 2.91. The van der Waals surface area contributed by atoms with Crippen molar-refractivity contribution in [1.82, 2.24) is 5.32 Å². The molecule has 19 heavy (non-hydrogen) atoms. The summed E-state index contributed by atoms with van der Waals surface area (Å²) >= 11 is 0. The lowest BCUT2D eigenvalue weighted by molar-refractivity contribution is -0.138. The maximum atomic E-state index is 13.0. The van der Waals surface area contributed by atoms with Crippen LogP contribution in [0.3, 0.4) is 0 Å². The average Bonchev–Trinajstić information content (AvgIpc) is 2.37. The van der Waals surface area contributed by atoms with Crippen LogP contribution in [0.1, 0.15) is 43.4 Å². The second-order valence-electron chi connectivity index (χ2n) is 4.29. The van der Waals surface area contributed by atoms with Crippen LogP contribution in [0.25, 0.3) is 0 Å². The zero-order valence-corrected chi connectivity index (χ0v) is 10.9. The lowest BCUT2D eigenvalue weighted by Gasteiger charge is -2.22. The number of hydrogen-bond donors (Lipinski definition) is 1. The molecule has 1 aromatic carbocycles. The van der Waals surface area contributed by atoms with E-state index in [2.05, 4.69) is 11.2 Å². The largest absolute Gasteiger partial charge is 0.416 e. The molecule has 4 heteroatoms. The van der Waals surface area contributed by atoms with Gasteiger partial charge in [0.1, 0.15) is 0 Å². The molecule has 0 aliphatic heterocycles. The summed E-state index contributed by atoms with van der Waals surface area (Å²) in [5.41, 5.74) is -0.268. The highest BCUT2D eigenvalue weighted by atomic mass is 19.4. The summed E-state index contributed by atoms with van der Waals surface area (Å²) in [6.45, 7) is 2.50. The smallest absolute Gasteiger partial charge is 0.310 e. The van der Waals surface area contributed by atoms with E-state index in [4.69, 9.17) is 6.42 Å². The van der Waals surface area contributed by atoms with Gasteiger partial charge in [-0.25, -0.2) is 0 Å². The Hall–Kier alpha value is -1.47. The minimum Gasteiger partial charge on any atom is -0.310 e. The first-order valence-electron chi connectivity index (χ1n) is 6.33. The highest BCUT2D eigenvalue weighted by Gasteiger charge is 2.34. The fourth-order valence-electron chi connectivity index (χ4n) is 2.08. The molecule has 1 unspecified atom stereocenters. The monoisotopic (exact) mass is 269 g/mol. The molecule has 1 aromatic rings. The standard InChI is InChI=1S/C15H18F3N/c1-3-5-6-11-14(19-4-2)12-9-7-8-10-13(12)15(16,17)18/h1,7-10,14,19H,4-6,11H2,2H3. The molecule has 0 fully saturated rings. The average molecular weight is 269 g/mol. The molecule has 1 atom stereocenters. The second kappa shape index (κ2) is 7.20. The zero-order valence-electron chi connectivity index (χ0n) is 10.9. The summed E-state index contributed by atoms with van der Waals surface area (Å²) in [7, 11) is 0. The van der Waals surface area contributed by atoms with Crippen molar-refractivity contribution < 1.29 is 13.2 Å². The number of alkyl halides is 3. The molecule has 0 spiro atoms. The molecule has 0 heterocycles. The van der Waals surface area contributed by atoms with Crippen LogP contribution in [0.5, 0.6) is 0 Å². The first kappa shape index (κ1) is 15.6. The number of benzene rings is 1. The Kier molecular flexibility index (Phi) is 5.91. The lowest BCUT2D eigenvalue weighted by atomic mass is 9.95. The van der Waals surface area contributed by atoms with Crippen LogP contribution in [0, 0.1) is 12.3 Å². The summed E-state index contributed by atoms with van der Waals surface area (Å²) in [5, 5.41) is 3.10. The summed E-state index contributed by atoms with van der Waals surface area (Å²) < 4.78 is 38.9. The lowest BCUT2D eigenvalue weighted by Crippen LogP contribution is -2.24. The fourth-order valence-corrected chi connectivity index (χ4v) is 2.08. The molecule has 0 radical (unpaired) electrons. The van der Waals surface area contributed by atoms with Crippen molar-refractivity contribution in [3.05, 3.63) is 35.4 Å². The SMILES string of the molecule is C#CCCCC(NCC)c1ccccc1C(F)(F)F. The predicted molar refractivity (Wildman–Crippen MR) is 70.5 cm³/mol. The van der Waals surface area contributed by atoms with Gasteiger partial charge in [0.25, 0.3) is 0 Å². The molecule has 1 nitrogen and oxygen atoms in total. The molecule has 0 bridgehead atoms. The van der Waals surface area contributed by atoms with Crippen LogP contribution < -0.4 is 5.32 Å². The van der Waals surface area contributed by atoms with Gasteiger partial charge in [-0.15, -0.1) is 12.3 Å². The van der Waals surface area contributed by atoms with Gasteiger partial charge in [-0.3, -0.25) is 0 Å². The van der Waals surface area contributed by atoms with Crippen LogP contribution in [0.15, 0.2) is 24.3 Å². The van der Waals surface area contributed by atoms with E-state index in [0.29, 0.717) is 31.4 Å². The Morgan fingerprint density at radius 2 is 2.00 bits per heavy atom. The molecule has 0 amide bonds. The van der Waals surface area contributed by atoms with E-state index in [-0.39, 0.29) is 6.04 Å². The van der Waals surface area contributed by atoms with E-state index in [1.54, 1.807) is 6.07 Å². The highest BCUT2D eigenvalue weighted by molar-refractivity contribution is 5.32. The minimum absolute atomic E-state index is 0.300. The first-order chi connectivity index (χ1) is 9.00. The first-order valence-corrected chi connectivity index (χ1v) is 6.33. The molecule has 0 aliphatic carbocycles. The van der Waals surface area contributed by atoms with E-state index < -0.39 is 11.7 Å².